The highest BCUT2D eigenvalue weighted by Crippen LogP contribution is 2.24. The highest BCUT2D eigenvalue weighted by Gasteiger charge is 2.28. The molecule has 6 nitrogen and oxygen atoms in total. The minimum atomic E-state index is -1.22. The predicted octanol–water partition coefficient (Wildman–Crippen LogP) is 2.60. The Kier molecular flexibility index (Phi) is 6.18. The first-order valence-corrected chi connectivity index (χ1v) is 9.40. The fourth-order valence-electron chi connectivity index (χ4n) is 3.24. The average molecular weight is 392 g/mol. The molecule has 2 aromatic rings. The van der Waals surface area contributed by atoms with Crippen LogP contribution in [0.2, 0.25) is 0 Å². The highest BCUT2D eigenvalue weighted by molar-refractivity contribution is 5.80. The van der Waals surface area contributed by atoms with Crippen molar-refractivity contribution < 1.29 is 18.3 Å². The van der Waals surface area contributed by atoms with Gasteiger partial charge in [0, 0.05) is 31.7 Å². The van der Waals surface area contributed by atoms with Gasteiger partial charge in [0.05, 0.1) is 18.5 Å². The molecule has 2 heterocycles. The fourth-order valence-corrected chi connectivity index (χ4v) is 3.24. The number of hydrogen-bond donors (Lipinski definition) is 3. The van der Waals surface area contributed by atoms with Crippen molar-refractivity contribution in [2.45, 2.75) is 31.9 Å². The minimum Gasteiger partial charge on any atom is -0.466 e. The van der Waals surface area contributed by atoms with E-state index >= 15 is 0 Å². The molecule has 0 saturated carbocycles. The van der Waals surface area contributed by atoms with Crippen molar-refractivity contribution >= 4 is 11.6 Å². The number of nitrogens with zero attached hydrogens (tertiary/aromatic N) is 2. The summed E-state index contributed by atoms with van der Waals surface area (Å²) in [5, 5.41) is 17.0. The molecule has 28 heavy (non-hydrogen) atoms. The third-order valence-corrected chi connectivity index (χ3v) is 4.72. The Morgan fingerprint density at radius 3 is 2.89 bits per heavy atom. The summed E-state index contributed by atoms with van der Waals surface area (Å²) in [5.74, 6) is -0.123. The van der Waals surface area contributed by atoms with Gasteiger partial charge in [-0.05, 0) is 44.5 Å². The summed E-state index contributed by atoms with van der Waals surface area (Å²) in [6.07, 6.45) is 2.30. The number of rotatable bonds is 6. The van der Waals surface area contributed by atoms with E-state index in [1.807, 2.05) is 11.8 Å². The number of benzene rings is 1. The first-order chi connectivity index (χ1) is 13.4. The number of anilines is 1. The molecule has 3 rings (SSSR count). The van der Waals surface area contributed by atoms with E-state index in [0.717, 1.165) is 12.5 Å². The topological polar surface area (TPSA) is 73.0 Å². The van der Waals surface area contributed by atoms with Crippen molar-refractivity contribution in [1.29, 1.82) is 0 Å². The van der Waals surface area contributed by atoms with E-state index in [1.165, 1.54) is 18.4 Å². The van der Waals surface area contributed by atoms with E-state index in [2.05, 4.69) is 15.6 Å². The average Bonchev–Trinajstić information content (AvgIpc) is 3.32. The van der Waals surface area contributed by atoms with Gasteiger partial charge in [-0.15, -0.1) is 0 Å². The van der Waals surface area contributed by atoms with Crippen LogP contribution in [0.15, 0.2) is 46.0 Å². The van der Waals surface area contributed by atoms with Gasteiger partial charge in [0.1, 0.15) is 23.0 Å². The molecule has 2 unspecified atom stereocenters. The number of nitrogens with one attached hydrogen (secondary N) is 2. The summed E-state index contributed by atoms with van der Waals surface area (Å²) >= 11 is 0. The van der Waals surface area contributed by atoms with Gasteiger partial charge in [-0.25, -0.2) is 13.8 Å². The van der Waals surface area contributed by atoms with Crippen LogP contribution in [0.1, 0.15) is 26.0 Å². The molecule has 1 aromatic heterocycles. The first-order valence-electron chi connectivity index (χ1n) is 9.40. The maximum absolute atomic E-state index is 14.0. The predicted molar refractivity (Wildman–Crippen MR) is 104 cm³/mol. The largest absolute Gasteiger partial charge is 0.466 e. The molecule has 0 amide bonds. The van der Waals surface area contributed by atoms with E-state index in [4.69, 9.17) is 4.42 Å². The van der Waals surface area contributed by atoms with Crippen LogP contribution in [0.25, 0.3) is 0 Å². The fraction of sp³-hybridized carbons (Fsp3) is 0.450. The van der Waals surface area contributed by atoms with Gasteiger partial charge in [-0.1, -0.05) is 0 Å². The Morgan fingerprint density at radius 2 is 2.21 bits per heavy atom. The standard InChI is InChI=1S/C20H26F2N4O2/c1-3-23-19(24-13-20(2,27)18-5-4-10-28-18)25-15-8-9-26(12-15)17-7-6-14(21)11-16(17)22/h4-7,10-11,15,27H,3,8-9,12-13H2,1-2H3,(H2,23,24,25). The summed E-state index contributed by atoms with van der Waals surface area (Å²) in [6.45, 7) is 5.62. The van der Waals surface area contributed by atoms with Gasteiger partial charge in [0.15, 0.2) is 5.96 Å². The van der Waals surface area contributed by atoms with Crippen molar-refractivity contribution in [3.05, 3.63) is 54.0 Å². The quantitative estimate of drug-likeness (QED) is 0.521. The van der Waals surface area contributed by atoms with Gasteiger partial charge < -0.3 is 25.1 Å². The zero-order chi connectivity index (χ0) is 20.1. The number of furan rings is 1. The van der Waals surface area contributed by atoms with Gasteiger partial charge in [0.2, 0.25) is 0 Å². The molecule has 3 N–H and O–H groups in total. The van der Waals surface area contributed by atoms with Gasteiger partial charge in [-0.2, -0.15) is 0 Å². The van der Waals surface area contributed by atoms with Crippen LogP contribution in [0.3, 0.4) is 0 Å². The molecule has 152 valence electrons. The molecule has 2 atom stereocenters. The number of hydrogen-bond acceptors (Lipinski definition) is 4. The summed E-state index contributed by atoms with van der Waals surface area (Å²) in [7, 11) is 0. The molecular formula is C20H26F2N4O2. The normalized spacial score (nSPS) is 19.5. The summed E-state index contributed by atoms with van der Waals surface area (Å²) in [5.41, 5.74) is -0.821. The summed E-state index contributed by atoms with van der Waals surface area (Å²) in [6, 6.07) is 7.11. The minimum absolute atomic E-state index is 0.0517. The second-order valence-electron chi connectivity index (χ2n) is 7.12. The van der Waals surface area contributed by atoms with E-state index < -0.39 is 17.2 Å². The summed E-state index contributed by atoms with van der Waals surface area (Å²) < 4.78 is 32.4. The molecule has 1 aliphatic rings. The van der Waals surface area contributed by atoms with Crippen molar-refractivity contribution in [3.8, 4) is 0 Å². The lowest BCUT2D eigenvalue weighted by Gasteiger charge is -2.22. The van der Waals surface area contributed by atoms with E-state index in [1.54, 1.807) is 19.1 Å². The number of guanidine groups is 1. The van der Waals surface area contributed by atoms with Crippen molar-refractivity contribution in [2.24, 2.45) is 4.99 Å². The molecule has 0 radical (unpaired) electrons. The molecule has 0 aliphatic carbocycles. The van der Waals surface area contributed by atoms with Gasteiger partial charge in [0.25, 0.3) is 0 Å². The smallest absolute Gasteiger partial charge is 0.191 e. The molecule has 8 heteroatoms. The highest BCUT2D eigenvalue weighted by atomic mass is 19.1. The molecule has 1 aromatic carbocycles. The number of halogens is 2. The Hall–Kier alpha value is -2.61. The number of aliphatic imine (C=N–C) groups is 1. The lowest BCUT2D eigenvalue weighted by Crippen LogP contribution is -2.45. The Labute approximate surface area is 163 Å². The lowest BCUT2D eigenvalue weighted by atomic mass is 10.0. The molecule has 1 saturated heterocycles. The van der Waals surface area contributed by atoms with Gasteiger partial charge >= 0.3 is 0 Å². The molecule has 1 fully saturated rings. The van der Waals surface area contributed by atoms with Crippen LogP contribution in [-0.2, 0) is 5.60 Å². The van der Waals surface area contributed by atoms with Crippen LogP contribution in [0.5, 0.6) is 0 Å². The van der Waals surface area contributed by atoms with Crippen LogP contribution in [-0.4, -0.2) is 43.3 Å². The maximum atomic E-state index is 14.0. The zero-order valence-corrected chi connectivity index (χ0v) is 16.1. The summed E-state index contributed by atoms with van der Waals surface area (Å²) in [4.78, 5) is 6.36. The van der Waals surface area contributed by atoms with Crippen LogP contribution in [0, 0.1) is 11.6 Å². The van der Waals surface area contributed by atoms with Gasteiger partial charge in [-0.3, -0.25) is 0 Å². The molecular weight excluding hydrogens is 366 g/mol. The van der Waals surface area contributed by atoms with Crippen molar-refractivity contribution in [1.82, 2.24) is 10.6 Å². The monoisotopic (exact) mass is 392 g/mol. The van der Waals surface area contributed by atoms with Crippen molar-refractivity contribution in [3.63, 3.8) is 0 Å². The zero-order valence-electron chi connectivity index (χ0n) is 16.1. The second kappa shape index (κ2) is 8.60. The first kappa shape index (κ1) is 20.1. The third kappa shape index (κ3) is 4.81. The Balaban J connectivity index is 1.63. The Bertz CT molecular complexity index is 809. The molecule has 0 spiro atoms. The third-order valence-electron chi connectivity index (χ3n) is 4.72. The van der Waals surface area contributed by atoms with Crippen LogP contribution >= 0.6 is 0 Å². The molecule has 0 bridgehead atoms. The van der Waals surface area contributed by atoms with E-state index in [0.29, 0.717) is 37.0 Å². The lowest BCUT2D eigenvalue weighted by molar-refractivity contribution is 0.0437. The molecule has 1 aliphatic heterocycles. The maximum Gasteiger partial charge on any atom is 0.191 e. The second-order valence-corrected chi connectivity index (χ2v) is 7.12. The Morgan fingerprint density at radius 1 is 1.39 bits per heavy atom. The van der Waals surface area contributed by atoms with E-state index in [-0.39, 0.29) is 12.6 Å². The SMILES string of the molecule is CCNC(=NCC(C)(O)c1ccco1)NC1CCN(c2ccc(F)cc2F)C1. The van der Waals surface area contributed by atoms with E-state index in [9.17, 15) is 13.9 Å². The number of aliphatic hydroxyl groups is 1. The van der Waals surface area contributed by atoms with Crippen molar-refractivity contribution in [2.75, 3.05) is 31.1 Å². The van der Waals surface area contributed by atoms with Crippen LogP contribution in [0.4, 0.5) is 14.5 Å². The van der Waals surface area contributed by atoms with Crippen LogP contribution < -0.4 is 15.5 Å².